The Bertz CT molecular complexity index is 1700. The number of nitrogens with one attached hydrogen (secondary N) is 1. The molecule has 0 saturated heterocycles. The maximum Gasteiger partial charge on any atom is 0.235 e. The van der Waals surface area contributed by atoms with Crippen LogP contribution in [0, 0.1) is 23.7 Å². The number of carbonyl (C=O) groups is 5. The zero-order valence-corrected chi connectivity index (χ0v) is 24.3. The van der Waals surface area contributed by atoms with Crippen molar-refractivity contribution in [2.75, 3.05) is 19.4 Å². The number of nitrogens with zero attached hydrogens (tertiary/aromatic N) is 1. The predicted molar refractivity (Wildman–Crippen MR) is 161 cm³/mol. The number of likely N-dealkylation sites (N-methyl/N-ethyl adjacent to an activating group) is 1. The molecule has 1 amide bonds. The summed E-state index contributed by atoms with van der Waals surface area (Å²) < 4.78 is 0. The molecule has 44 heavy (non-hydrogen) atoms. The molecule has 5 N–H and O–H groups in total. The summed E-state index contributed by atoms with van der Waals surface area (Å²) in [4.78, 5) is 68.3. The minimum absolute atomic E-state index is 0.00306. The molecule has 3 aliphatic rings. The van der Waals surface area contributed by atoms with Crippen molar-refractivity contribution in [2.45, 2.75) is 31.0 Å². The number of Topliss-reactive ketones (excluding diaryl/α,β-unsaturated/α-hetero) is 4. The van der Waals surface area contributed by atoms with Crippen LogP contribution in [0.4, 0.5) is 5.69 Å². The number of ketones is 4. The highest BCUT2D eigenvalue weighted by atomic mass is 16.3. The summed E-state index contributed by atoms with van der Waals surface area (Å²) in [6, 6.07) is 19.6. The van der Waals surface area contributed by atoms with E-state index < -0.39 is 64.4 Å². The Hall–Kier alpha value is -4.67. The lowest BCUT2D eigenvalue weighted by molar-refractivity contribution is -0.181. The third-order valence-corrected chi connectivity index (χ3v) is 9.48. The summed E-state index contributed by atoms with van der Waals surface area (Å²) in [7, 11) is 3.12. The van der Waals surface area contributed by atoms with E-state index >= 15 is 0 Å². The molecule has 3 aromatic rings. The smallest absolute Gasteiger partial charge is 0.235 e. The fourth-order valence-corrected chi connectivity index (χ4v) is 7.44. The molecule has 6 rings (SSSR count). The van der Waals surface area contributed by atoms with Crippen LogP contribution in [0.25, 0.3) is 11.1 Å². The average Bonchev–Trinajstić information content (AvgIpc) is 2.98. The van der Waals surface area contributed by atoms with Gasteiger partial charge in [-0.2, -0.15) is 0 Å². The van der Waals surface area contributed by atoms with Crippen LogP contribution in [0.5, 0.6) is 5.75 Å². The maximum absolute atomic E-state index is 14.0. The second kappa shape index (κ2) is 10.8. The largest absolute Gasteiger partial charge is 0.507 e. The Kier molecular flexibility index (Phi) is 7.22. The van der Waals surface area contributed by atoms with Crippen LogP contribution in [-0.4, -0.2) is 69.9 Å². The summed E-state index contributed by atoms with van der Waals surface area (Å²) in [6.07, 6.45) is 0.204. The number of carbonyl (C=O) groups excluding carboxylic acids is 5. The molecule has 2 unspecified atom stereocenters. The van der Waals surface area contributed by atoms with E-state index in [4.69, 9.17) is 5.73 Å². The molecule has 3 aromatic carbocycles. The molecule has 0 spiro atoms. The van der Waals surface area contributed by atoms with Gasteiger partial charge in [-0.3, -0.25) is 28.9 Å². The van der Waals surface area contributed by atoms with Gasteiger partial charge < -0.3 is 21.3 Å². The van der Waals surface area contributed by atoms with E-state index in [0.29, 0.717) is 17.7 Å². The fraction of sp³-hybridized carbons (Fsp3) is 0.324. The molecular weight excluding hydrogens is 562 g/mol. The first-order chi connectivity index (χ1) is 20.9. The van der Waals surface area contributed by atoms with Crippen molar-refractivity contribution in [1.82, 2.24) is 4.90 Å². The molecule has 0 aliphatic heterocycles. The number of nitrogens with two attached hydrogens (primary N) is 1. The first-order valence-corrected chi connectivity index (χ1v) is 14.5. The number of rotatable bonds is 6. The number of amides is 1. The van der Waals surface area contributed by atoms with E-state index in [2.05, 4.69) is 5.32 Å². The second-order valence-corrected chi connectivity index (χ2v) is 12.2. The zero-order valence-electron chi connectivity index (χ0n) is 24.3. The molecule has 0 radical (unpaired) electrons. The monoisotopic (exact) mass is 595 g/mol. The van der Waals surface area contributed by atoms with Crippen LogP contribution in [0.1, 0.15) is 27.9 Å². The van der Waals surface area contributed by atoms with E-state index in [0.717, 1.165) is 16.8 Å². The van der Waals surface area contributed by atoms with Crippen molar-refractivity contribution >= 4 is 34.7 Å². The topological polar surface area (TPSA) is 167 Å². The lowest BCUT2D eigenvalue weighted by Gasteiger charge is -2.52. The van der Waals surface area contributed by atoms with E-state index in [1.807, 2.05) is 54.6 Å². The van der Waals surface area contributed by atoms with Gasteiger partial charge in [0.25, 0.3) is 0 Å². The van der Waals surface area contributed by atoms with Gasteiger partial charge in [0.1, 0.15) is 5.75 Å². The van der Waals surface area contributed by atoms with Crippen molar-refractivity contribution in [2.24, 2.45) is 29.4 Å². The normalized spacial score (nSPS) is 27.9. The number of anilines is 1. The number of phenols is 1. The van der Waals surface area contributed by atoms with Gasteiger partial charge in [-0.15, -0.1) is 0 Å². The minimum Gasteiger partial charge on any atom is -0.507 e. The Morgan fingerprint density at radius 3 is 2.30 bits per heavy atom. The Morgan fingerprint density at radius 1 is 0.977 bits per heavy atom. The lowest BCUT2D eigenvalue weighted by Crippen LogP contribution is -2.74. The van der Waals surface area contributed by atoms with Gasteiger partial charge in [0.05, 0.1) is 17.5 Å². The van der Waals surface area contributed by atoms with E-state index in [1.165, 1.54) is 11.0 Å². The highest BCUT2D eigenvalue weighted by Gasteiger charge is 2.69. The first-order valence-electron chi connectivity index (χ1n) is 14.5. The van der Waals surface area contributed by atoms with Gasteiger partial charge in [-0.25, -0.2) is 0 Å². The summed E-state index contributed by atoms with van der Waals surface area (Å²) in [5.74, 6) is -10.6. The Balaban J connectivity index is 1.36. The quantitative estimate of drug-likeness (QED) is 0.312. The zero-order chi connectivity index (χ0) is 31.5. The molecule has 10 nitrogen and oxygen atoms in total. The highest BCUT2D eigenvalue weighted by molar-refractivity contribution is 6.32. The number of benzene rings is 3. The maximum atomic E-state index is 14.0. The minimum atomic E-state index is -2.74. The molecule has 6 atom stereocenters. The molecule has 0 aromatic heterocycles. The number of para-hydroxylation sites is 1. The number of phenolic OH excluding ortho intramolecular Hbond substituents is 1. The first kappa shape index (κ1) is 29.4. The van der Waals surface area contributed by atoms with Crippen LogP contribution >= 0.6 is 0 Å². The van der Waals surface area contributed by atoms with Gasteiger partial charge in [-0.1, -0.05) is 48.5 Å². The van der Waals surface area contributed by atoms with Crippen LogP contribution in [0.15, 0.2) is 66.7 Å². The summed E-state index contributed by atoms with van der Waals surface area (Å²) in [6.45, 7) is 0.605. The van der Waals surface area contributed by atoms with Crippen LogP contribution < -0.4 is 11.1 Å². The molecular formula is C34H33N3O7. The number of hydrogen-bond acceptors (Lipinski definition) is 9. The molecule has 0 bridgehead atoms. The van der Waals surface area contributed by atoms with Crippen molar-refractivity contribution in [1.29, 1.82) is 0 Å². The van der Waals surface area contributed by atoms with Crippen molar-refractivity contribution < 1.29 is 34.2 Å². The van der Waals surface area contributed by atoms with E-state index in [-0.39, 0.29) is 24.2 Å². The molecule has 226 valence electrons. The van der Waals surface area contributed by atoms with Crippen LogP contribution in [-0.2, 0) is 32.1 Å². The summed E-state index contributed by atoms with van der Waals surface area (Å²) >= 11 is 0. The third-order valence-electron chi connectivity index (χ3n) is 9.48. The standard InChI is InChI=1S/C34H33N3O7/c1-37(2)28-23-15-19-14-22-21(18-10-8-17(9-11-18)16-36-20-6-4-3-5-7-20)12-13-24(38)26(22)29(39)25(19)31(41)34(23,44)32(42)27(30(28)40)33(35)43/h3-13,19,23,25,27-28,36,38,44H,14-16H2,1-2H3,(H2,35,43)/t19-,23-,25?,27?,28-,34-/m1/s1. The molecule has 10 heteroatoms. The SMILES string of the molecule is CN(C)[C@H]1C(=O)C(C(N)=O)C(=O)[C@]2(O)C(=O)C3C(=O)c4c(O)ccc(-c5ccc(CNc6ccccc6)cc5)c4C[C@@H]3C[C@H]12. The van der Waals surface area contributed by atoms with Gasteiger partial charge in [0.2, 0.25) is 5.91 Å². The highest BCUT2D eigenvalue weighted by Crippen LogP contribution is 2.51. The van der Waals surface area contributed by atoms with Gasteiger partial charge in [0, 0.05) is 18.2 Å². The van der Waals surface area contributed by atoms with Gasteiger partial charge in [-0.05, 0) is 73.3 Å². The number of primary amides is 1. The van der Waals surface area contributed by atoms with Crippen molar-refractivity contribution in [3.05, 3.63) is 83.4 Å². The van der Waals surface area contributed by atoms with Crippen LogP contribution in [0.3, 0.4) is 0 Å². The average molecular weight is 596 g/mol. The fourth-order valence-electron chi connectivity index (χ4n) is 7.44. The molecule has 0 heterocycles. The number of aromatic hydroxyl groups is 1. The molecule has 2 saturated carbocycles. The molecule has 2 fully saturated rings. The Morgan fingerprint density at radius 2 is 1.66 bits per heavy atom. The van der Waals surface area contributed by atoms with Crippen molar-refractivity contribution in [3.63, 3.8) is 0 Å². The summed E-state index contributed by atoms with van der Waals surface area (Å²) in [5, 5.41) is 25.9. The predicted octanol–water partition coefficient (Wildman–Crippen LogP) is 2.15. The Labute approximate surface area is 253 Å². The van der Waals surface area contributed by atoms with Crippen LogP contribution in [0.2, 0.25) is 0 Å². The molecule has 3 aliphatic carbocycles. The van der Waals surface area contributed by atoms with Crippen molar-refractivity contribution in [3.8, 4) is 16.9 Å². The lowest BCUT2D eigenvalue weighted by atomic mass is 9.52. The summed E-state index contributed by atoms with van der Waals surface area (Å²) in [5.41, 5.74) is 6.74. The number of fused-ring (bicyclic) bond motifs is 3. The van der Waals surface area contributed by atoms with E-state index in [1.54, 1.807) is 20.2 Å². The van der Waals surface area contributed by atoms with Gasteiger partial charge in [0.15, 0.2) is 34.7 Å². The number of aliphatic hydroxyl groups is 1. The number of hydrogen-bond donors (Lipinski definition) is 4. The second-order valence-electron chi connectivity index (χ2n) is 12.2. The van der Waals surface area contributed by atoms with Gasteiger partial charge >= 0.3 is 0 Å². The van der Waals surface area contributed by atoms with E-state index in [9.17, 15) is 34.2 Å². The third kappa shape index (κ3) is 4.44.